The molecule has 5 heteroatoms. The minimum absolute atomic E-state index is 0.310. The number of aromatic nitrogens is 1. The summed E-state index contributed by atoms with van der Waals surface area (Å²) in [6, 6.07) is 11.4. The number of carboxylic acid groups (broad SMARTS) is 1. The molecule has 0 radical (unpaired) electrons. The van der Waals surface area contributed by atoms with Crippen LogP contribution in [0, 0.1) is 0 Å². The van der Waals surface area contributed by atoms with E-state index in [0.717, 1.165) is 16.8 Å². The number of hydrogen-bond donors (Lipinski definition) is 2. The number of fused-ring (bicyclic) bond motifs is 1. The van der Waals surface area contributed by atoms with Crippen LogP contribution >= 0.6 is 0 Å². The van der Waals surface area contributed by atoms with Crippen molar-refractivity contribution in [3.8, 4) is 5.88 Å². The van der Waals surface area contributed by atoms with Crippen LogP contribution in [0.2, 0.25) is 0 Å². The lowest BCUT2D eigenvalue weighted by Crippen LogP contribution is -2.23. The summed E-state index contributed by atoms with van der Waals surface area (Å²) in [5.41, 5.74) is 3.41. The van der Waals surface area contributed by atoms with Gasteiger partial charge < -0.3 is 15.2 Å². The van der Waals surface area contributed by atoms with Gasteiger partial charge in [-0.25, -0.2) is 9.78 Å². The van der Waals surface area contributed by atoms with Crippen LogP contribution in [0.3, 0.4) is 0 Å². The fourth-order valence-electron chi connectivity index (χ4n) is 2.90. The normalized spacial score (nSPS) is 16.7. The summed E-state index contributed by atoms with van der Waals surface area (Å²) in [4.78, 5) is 16.0. The molecule has 2 heterocycles. The van der Waals surface area contributed by atoms with Gasteiger partial charge in [-0.3, -0.25) is 0 Å². The Bertz CT molecular complexity index is 754. The van der Waals surface area contributed by atoms with Gasteiger partial charge in [0.25, 0.3) is 0 Å². The van der Waals surface area contributed by atoms with Crippen molar-refractivity contribution in [2.45, 2.75) is 12.8 Å². The van der Waals surface area contributed by atoms with E-state index < -0.39 is 11.9 Å². The molecule has 3 rings (SSSR count). The Labute approximate surface area is 128 Å². The number of rotatable bonds is 3. The molecule has 0 aliphatic carbocycles. The number of ether oxygens (including phenoxy) is 1. The molecule has 0 fully saturated rings. The SMILES string of the molecule is COc1nccc2c1C(c1ccccc1)C(C(=O)O)=C(C)N2. The summed E-state index contributed by atoms with van der Waals surface area (Å²) in [6.45, 7) is 1.77. The van der Waals surface area contributed by atoms with Crippen molar-refractivity contribution in [1.29, 1.82) is 0 Å². The Balaban J connectivity index is 2.29. The van der Waals surface area contributed by atoms with Crippen LogP contribution in [0.1, 0.15) is 24.0 Å². The van der Waals surface area contributed by atoms with Crippen molar-refractivity contribution in [3.63, 3.8) is 0 Å². The lowest BCUT2D eigenvalue weighted by molar-refractivity contribution is -0.132. The quantitative estimate of drug-likeness (QED) is 0.911. The van der Waals surface area contributed by atoms with E-state index >= 15 is 0 Å². The summed E-state index contributed by atoms with van der Waals surface area (Å²) in [7, 11) is 1.54. The molecule has 0 bridgehead atoms. The number of aliphatic carboxylic acids is 1. The van der Waals surface area contributed by atoms with Gasteiger partial charge in [-0.2, -0.15) is 0 Å². The zero-order valence-electron chi connectivity index (χ0n) is 12.3. The van der Waals surface area contributed by atoms with E-state index in [1.54, 1.807) is 13.1 Å². The van der Waals surface area contributed by atoms with Crippen LogP contribution in [0.15, 0.2) is 53.9 Å². The number of nitrogens with one attached hydrogen (secondary N) is 1. The summed E-state index contributed by atoms with van der Waals surface area (Å²) in [5.74, 6) is -0.931. The van der Waals surface area contributed by atoms with Crippen LogP contribution in [0.25, 0.3) is 0 Å². The highest BCUT2D eigenvalue weighted by Gasteiger charge is 2.34. The number of anilines is 1. The summed E-state index contributed by atoms with van der Waals surface area (Å²) >= 11 is 0. The minimum atomic E-state index is -0.949. The molecular formula is C17H16N2O3. The molecule has 1 unspecified atom stereocenters. The number of allylic oxidation sites excluding steroid dienone is 1. The molecular weight excluding hydrogens is 280 g/mol. The van der Waals surface area contributed by atoms with Gasteiger partial charge in [-0.1, -0.05) is 30.3 Å². The average molecular weight is 296 g/mol. The standard InChI is InChI=1S/C17H16N2O3/c1-10-13(17(20)21)14(11-6-4-3-5-7-11)15-12(19-10)8-9-18-16(15)22-2/h3-9,14,19H,1-2H3,(H,20,21). The first-order valence-electron chi connectivity index (χ1n) is 6.92. The third-order valence-corrected chi connectivity index (χ3v) is 3.81. The van der Waals surface area contributed by atoms with Gasteiger partial charge in [-0.15, -0.1) is 0 Å². The zero-order chi connectivity index (χ0) is 15.7. The Kier molecular flexibility index (Phi) is 3.55. The molecule has 5 nitrogen and oxygen atoms in total. The van der Waals surface area contributed by atoms with Gasteiger partial charge in [0.2, 0.25) is 5.88 Å². The first-order chi connectivity index (χ1) is 10.6. The predicted molar refractivity (Wildman–Crippen MR) is 83.0 cm³/mol. The molecule has 2 aromatic rings. The van der Waals surface area contributed by atoms with Crippen molar-refractivity contribution in [1.82, 2.24) is 4.98 Å². The Morgan fingerprint density at radius 3 is 2.64 bits per heavy atom. The van der Waals surface area contributed by atoms with Crippen LogP contribution < -0.4 is 10.1 Å². The maximum absolute atomic E-state index is 11.8. The summed E-state index contributed by atoms with van der Waals surface area (Å²) in [6.07, 6.45) is 1.64. The molecule has 1 aromatic carbocycles. The number of carboxylic acids is 1. The average Bonchev–Trinajstić information content (AvgIpc) is 2.53. The lowest BCUT2D eigenvalue weighted by Gasteiger charge is -2.29. The molecule has 1 aliphatic rings. The molecule has 112 valence electrons. The van der Waals surface area contributed by atoms with Gasteiger partial charge in [0.05, 0.1) is 18.6 Å². The minimum Gasteiger partial charge on any atom is -0.481 e. The maximum atomic E-state index is 11.8. The molecule has 1 aromatic heterocycles. The smallest absolute Gasteiger partial charge is 0.334 e. The lowest BCUT2D eigenvalue weighted by atomic mass is 9.81. The first-order valence-corrected chi connectivity index (χ1v) is 6.92. The van der Waals surface area contributed by atoms with Crippen molar-refractivity contribution in [3.05, 3.63) is 65.0 Å². The molecule has 0 spiro atoms. The highest BCUT2D eigenvalue weighted by molar-refractivity contribution is 5.93. The molecule has 1 atom stereocenters. The van der Waals surface area contributed by atoms with Crippen molar-refractivity contribution in [2.75, 3.05) is 12.4 Å². The van der Waals surface area contributed by atoms with E-state index in [2.05, 4.69) is 10.3 Å². The number of nitrogens with zero attached hydrogens (tertiary/aromatic N) is 1. The fraction of sp³-hybridized carbons (Fsp3) is 0.176. The second kappa shape index (κ2) is 5.52. The third kappa shape index (κ3) is 2.20. The molecule has 0 amide bonds. The van der Waals surface area contributed by atoms with Crippen molar-refractivity contribution < 1.29 is 14.6 Å². The highest BCUT2D eigenvalue weighted by atomic mass is 16.5. The number of carbonyl (C=O) groups is 1. The van der Waals surface area contributed by atoms with Crippen LogP contribution in [0.4, 0.5) is 5.69 Å². The highest BCUT2D eigenvalue weighted by Crippen LogP contribution is 2.45. The predicted octanol–water partition coefficient (Wildman–Crippen LogP) is 3.01. The number of hydrogen-bond acceptors (Lipinski definition) is 4. The number of pyridine rings is 1. The number of methoxy groups -OCH3 is 1. The third-order valence-electron chi connectivity index (χ3n) is 3.81. The fourth-order valence-corrected chi connectivity index (χ4v) is 2.90. The number of benzene rings is 1. The van der Waals surface area contributed by atoms with Crippen molar-refractivity contribution >= 4 is 11.7 Å². The van der Waals surface area contributed by atoms with Gasteiger partial charge in [0.15, 0.2) is 0 Å². The van der Waals surface area contributed by atoms with Gasteiger partial charge >= 0.3 is 5.97 Å². The second-order valence-electron chi connectivity index (χ2n) is 5.09. The van der Waals surface area contributed by atoms with E-state index in [1.807, 2.05) is 36.4 Å². The molecule has 1 aliphatic heterocycles. The van der Waals surface area contributed by atoms with E-state index in [0.29, 0.717) is 17.2 Å². The Morgan fingerprint density at radius 1 is 1.27 bits per heavy atom. The van der Waals surface area contributed by atoms with E-state index in [-0.39, 0.29) is 0 Å². The first kappa shape index (κ1) is 14.1. The molecule has 2 N–H and O–H groups in total. The summed E-state index contributed by atoms with van der Waals surface area (Å²) in [5, 5.41) is 12.8. The molecule has 0 saturated carbocycles. The maximum Gasteiger partial charge on any atom is 0.334 e. The van der Waals surface area contributed by atoms with Crippen LogP contribution in [0.5, 0.6) is 5.88 Å². The Morgan fingerprint density at radius 2 is 2.00 bits per heavy atom. The largest absolute Gasteiger partial charge is 0.481 e. The van der Waals surface area contributed by atoms with Gasteiger partial charge in [0.1, 0.15) is 0 Å². The molecule has 0 saturated heterocycles. The Hall–Kier alpha value is -2.82. The second-order valence-corrected chi connectivity index (χ2v) is 5.09. The zero-order valence-corrected chi connectivity index (χ0v) is 12.3. The van der Waals surface area contributed by atoms with Gasteiger partial charge in [0, 0.05) is 23.1 Å². The summed E-state index contributed by atoms with van der Waals surface area (Å²) < 4.78 is 5.36. The van der Waals surface area contributed by atoms with E-state index in [1.165, 1.54) is 7.11 Å². The van der Waals surface area contributed by atoms with Gasteiger partial charge in [-0.05, 0) is 18.6 Å². The topological polar surface area (TPSA) is 71.5 Å². The monoisotopic (exact) mass is 296 g/mol. The van der Waals surface area contributed by atoms with E-state index in [9.17, 15) is 9.90 Å². The molecule has 22 heavy (non-hydrogen) atoms. The van der Waals surface area contributed by atoms with E-state index in [4.69, 9.17) is 4.74 Å². The van der Waals surface area contributed by atoms with Crippen LogP contribution in [-0.2, 0) is 4.79 Å². The van der Waals surface area contributed by atoms with Crippen LogP contribution in [-0.4, -0.2) is 23.2 Å². The van der Waals surface area contributed by atoms with Crippen molar-refractivity contribution in [2.24, 2.45) is 0 Å².